The molecule has 0 saturated heterocycles. The summed E-state index contributed by atoms with van der Waals surface area (Å²) in [5.74, 6) is -1.33. The van der Waals surface area contributed by atoms with Crippen LogP contribution in [0.3, 0.4) is 0 Å². The molecule has 3 amide bonds. The first kappa shape index (κ1) is 23.5. The van der Waals surface area contributed by atoms with E-state index in [-0.39, 0.29) is 23.1 Å². The van der Waals surface area contributed by atoms with Crippen molar-refractivity contribution in [2.45, 2.75) is 20.3 Å². The van der Waals surface area contributed by atoms with Crippen LogP contribution in [0.15, 0.2) is 77.5 Å². The lowest BCUT2D eigenvalue weighted by Gasteiger charge is -2.18. The molecule has 0 bridgehead atoms. The van der Waals surface area contributed by atoms with Crippen molar-refractivity contribution in [2.75, 3.05) is 15.5 Å². The second-order valence-corrected chi connectivity index (χ2v) is 8.72. The molecule has 3 aromatic carbocycles. The van der Waals surface area contributed by atoms with E-state index in [1.807, 2.05) is 31.2 Å². The molecule has 0 aliphatic carbocycles. The monoisotopic (exact) mass is 493 g/mol. The van der Waals surface area contributed by atoms with Crippen LogP contribution >= 0.6 is 23.2 Å². The van der Waals surface area contributed by atoms with Gasteiger partial charge in [-0.15, -0.1) is 0 Å². The van der Waals surface area contributed by atoms with Crippen molar-refractivity contribution in [3.05, 3.63) is 99.2 Å². The van der Waals surface area contributed by atoms with Gasteiger partial charge in [0.2, 0.25) is 5.91 Å². The van der Waals surface area contributed by atoms with Gasteiger partial charge in [0.05, 0.1) is 12.1 Å². The molecular weight excluding hydrogens is 473 g/mol. The van der Waals surface area contributed by atoms with Gasteiger partial charge in [0.15, 0.2) is 0 Å². The number of anilines is 3. The van der Waals surface area contributed by atoms with Gasteiger partial charge in [-0.3, -0.25) is 14.4 Å². The number of hydrogen-bond acceptors (Lipinski definition) is 4. The van der Waals surface area contributed by atoms with Crippen molar-refractivity contribution in [3.8, 4) is 0 Å². The largest absolute Gasteiger partial charge is 0.350 e. The minimum Gasteiger partial charge on any atom is -0.350 e. The van der Waals surface area contributed by atoms with Gasteiger partial charge in [-0.1, -0.05) is 59.1 Å². The van der Waals surface area contributed by atoms with Crippen LogP contribution in [0.4, 0.5) is 17.1 Å². The first-order valence-electron chi connectivity index (χ1n) is 10.5. The summed E-state index contributed by atoms with van der Waals surface area (Å²) < 4.78 is 0. The molecule has 0 radical (unpaired) electrons. The molecule has 4 rings (SSSR count). The molecule has 2 N–H and O–H groups in total. The molecule has 0 saturated carbocycles. The molecule has 6 nitrogen and oxygen atoms in total. The lowest BCUT2D eigenvalue weighted by Crippen LogP contribution is -2.32. The van der Waals surface area contributed by atoms with Crippen molar-refractivity contribution >= 4 is 58.0 Å². The zero-order chi connectivity index (χ0) is 24.4. The molecule has 3 aromatic rings. The van der Waals surface area contributed by atoms with Gasteiger partial charge in [-0.2, -0.15) is 0 Å². The Hall–Kier alpha value is -3.61. The summed E-state index contributed by atoms with van der Waals surface area (Å²) in [5.41, 5.74) is 4.17. The minimum atomic E-state index is -0.621. The summed E-state index contributed by atoms with van der Waals surface area (Å²) >= 11 is 12.4. The van der Waals surface area contributed by atoms with Crippen molar-refractivity contribution < 1.29 is 14.4 Å². The summed E-state index contributed by atoms with van der Waals surface area (Å²) in [7, 11) is 0. The van der Waals surface area contributed by atoms with E-state index < -0.39 is 11.8 Å². The third-order valence-corrected chi connectivity index (χ3v) is 6.19. The van der Waals surface area contributed by atoms with E-state index in [1.165, 1.54) is 0 Å². The van der Waals surface area contributed by atoms with Crippen molar-refractivity contribution in [3.63, 3.8) is 0 Å². The quantitative estimate of drug-likeness (QED) is 0.439. The Kier molecular flexibility index (Phi) is 6.72. The van der Waals surface area contributed by atoms with Gasteiger partial charge in [-0.05, 0) is 61.4 Å². The van der Waals surface area contributed by atoms with Gasteiger partial charge in [0.1, 0.15) is 10.7 Å². The Morgan fingerprint density at radius 3 is 2.18 bits per heavy atom. The summed E-state index contributed by atoms with van der Waals surface area (Å²) in [5, 5.41) is 6.03. The Morgan fingerprint density at radius 2 is 1.50 bits per heavy atom. The van der Waals surface area contributed by atoms with Crippen LogP contribution in [0.25, 0.3) is 0 Å². The van der Waals surface area contributed by atoms with Gasteiger partial charge in [0.25, 0.3) is 11.8 Å². The number of nitrogens with zero attached hydrogens (tertiary/aromatic N) is 1. The second-order valence-electron chi connectivity index (χ2n) is 7.93. The standard InChI is InChI=1S/C26H21Cl2N3O3/c1-15-6-10-18(11-7-15)29-22(32)14-17-8-12-19(13-9-17)30-24-23(28)25(33)31(26(24)34)21-5-3-4-20(27)16(21)2/h3-13,30H,14H2,1-2H3,(H,29,32). The van der Waals surface area contributed by atoms with Crippen LogP contribution in [0.2, 0.25) is 5.02 Å². The minimum absolute atomic E-state index is 0.0177. The molecule has 0 aromatic heterocycles. The highest BCUT2D eigenvalue weighted by Crippen LogP contribution is 2.34. The number of carbonyl (C=O) groups excluding carboxylic acids is 3. The molecule has 0 atom stereocenters. The van der Waals surface area contributed by atoms with Gasteiger partial charge in [-0.25, -0.2) is 4.90 Å². The van der Waals surface area contributed by atoms with E-state index in [0.717, 1.165) is 21.7 Å². The molecule has 0 spiro atoms. The van der Waals surface area contributed by atoms with Crippen LogP contribution in [-0.2, 0) is 20.8 Å². The number of rotatable bonds is 6. The number of nitrogens with one attached hydrogen (secondary N) is 2. The lowest BCUT2D eigenvalue weighted by atomic mass is 10.1. The molecule has 8 heteroatoms. The highest BCUT2D eigenvalue weighted by molar-refractivity contribution is 6.53. The SMILES string of the molecule is Cc1ccc(NC(=O)Cc2ccc(NC3=C(Cl)C(=O)N(c4cccc(Cl)c4C)C3=O)cc2)cc1. The molecule has 0 unspecified atom stereocenters. The fourth-order valence-electron chi connectivity index (χ4n) is 3.55. The van der Waals surface area contributed by atoms with E-state index in [0.29, 0.717) is 22.0 Å². The number of benzene rings is 3. The number of carbonyl (C=O) groups is 3. The zero-order valence-corrected chi connectivity index (χ0v) is 20.0. The predicted octanol–water partition coefficient (Wildman–Crippen LogP) is 5.57. The molecule has 1 heterocycles. The summed E-state index contributed by atoms with van der Waals surface area (Å²) in [6.07, 6.45) is 0.191. The maximum Gasteiger partial charge on any atom is 0.283 e. The fraction of sp³-hybridized carbons (Fsp3) is 0.115. The third kappa shape index (κ3) is 4.83. The Morgan fingerprint density at radius 1 is 0.853 bits per heavy atom. The molecule has 34 heavy (non-hydrogen) atoms. The average molecular weight is 494 g/mol. The van der Waals surface area contributed by atoms with Crippen LogP contribution in [-0.4, -0.2) is 17.7 Å². The average Bonchev–Trinajstić information content (AvgIpc) is 3.02. The smallest absolute Gasteiger partial charge is 0.283 e. The first-order chi connectivity index (χ1) is 16.2. The Balaban J connectivity index is 1.44. The van der Waals surface area contributed by atoms with E-state index >= 15 is 0 Å². The molecular formula is C26H21Cl2N3O3. The number of aryl methyl sites for hydroxylation is 1. The molecule has 0 fully saturated rings. The summed E-state index contributed by atoms with van der Waals surface area (Å²) in [6, 6.07) is 19.5. The topological polar surface area (TPSA) is 78.5 Å². The summed E-state index contributed by atoms with van der Waals surface area (Å²) in [6.45, 7) is 3.71. The third-order valence-electron chi connectivity index (χ3n) is 5.43. The highest BCUT2D eigenvalue weighted by Gasteiger charge is 2.39. The highest BCUT2D eigenvalue weighted by atomic mass is 35.5. The van der Waals surface area contributed by atoms with Crippen molar-refractivity contribution in [1.29, 1.82) is 0 Å². The normalized spacial score (nSPS) is 13.5. The van der Waals surface area contributed by atoms with E-state index in [9.17, 15) is 14.4 Å². The number of hydrogen-bond donors (Lipinski definition) is 2. The molecule has 1 aliphatic heterocycles. The van der Waals surface area contributed by atoms with E-state index in [4.69, 9.17) is 23.2 Å². The van der Waals surface area contributed by atoms with Gasteiger partial charge in [0, 0.05) is 16.4 Å². The van der Waals surface area contributed by atoms with E-state index in [1.54, 1.807) is 49.4 Å². The predicted molar refractivity (Wildman–Crippen MR) is 135 cm³/mol. The lowest BCUT2D eigenvalue weighted by molar-refractivity contribution is -0.120. The molecule has 172 valence electrons. The Bertz CT molecular complexity index is 1320. The Labute approximate surface area is 207 Å². The van der Waals surface area contributed by atoms with Crippen LogP contribution in [0.1, 0.15) is 16.7 Å². The fourth-order valence-corrected chi connectivity index (χ4v) is 3.93. The van der Waals surface area contributed by atoms with Crippen LogP contribution in [0.5, 0.6) is 0 Å². The zero-order valence-electron chi connectivity index (χ0n) is 18.5. The number of amides is 3. The maximum atomic E-state index is 13.0. The maximum absolute atomic E-state index is 13.0. The summed E-state index contributed by atoms with van der Waals surface area (Å²) in [4.78, 5) is 39.1. The van der Waals surface area contributed by atoms with Crippen LogP contribution < -0.4 is 15.5 Å². The van der Waals surface area contributed by atoms with Crippen molar-refractivity contribution in [1.82, 2.24) is 0 Å². The van der Waals surface area contributed by atoms with E-state index in [2.05, 4.69) is 10.6 Å². The van der Waals surface area contributed by atoms with Gasteiger partial charge >= 0.3 is 0 Å². The first-order valence-corrected chi connectivity index (χ1v) is 11.3. The van der Waals surface area contributed by atoms with Gasteiger partial charge < -0.3 is 10.6 Å². The van der Waals surface area contributed by atoms with Crippen LogP contribution in [0, 0.1) is 13.8 Å². The number of halogens is 2. The van der Waals surface area contributed by atoms with Crippen molar-refractivity contribution in [2.24, 2.45) is 0 Å². The molecule has 1 aliphatic rings. The number of imide groups is 1. The second kappa shape index (κ2) is 9.71.